The molecule has 3 heteroatoms. The zero-order valence-electron chi connectivity index (χ0n) is 21.1. The molecule has 0 amide bonds. The summed E-state index contributed by atoms with van der Waals surface area (Å²) in [6, 6.07) is 31.4. The Kier molecular flexibility index (Phi) is 6.65. The van der Waals surface area contributed by atoms with Crippen molar-refractivity contribution < 1.29 is 9.36 Å². The molecule has 0 N–H and O–H groups in total. The lowest BCUT2D eigenvalue weighted by molar-refractivity contribution is 0.107. The van der Waals surface area contributed by atoms with Crippen LogP contribution in [-0.4, -0.2) is 5.52 Å². The number of carbonyl (C=O) groups excluding carboxylic acids is 1. The van der Waals surface area contributed by atoms with E-state index in [1.165, 1.54) is 11.1 Å². The fourth-order valence-corrected chi connectivity index (χ4v) is 8.53. The van der Waals surface area contributed by atoms with Crippen molar-refractivity contribution in [3.8, 4) is 0 Å². The summed E-state index contributed by atoms with van der Waals surface area (Å²) in [5.74, 6) is 0. The first-order chi connectivity index (χ1) is 17.5. The van der Waals surface area contributed by atoms with Gasteiger partial charge in [0.05, 0.1) is 0 Å². The van der Waals surface area contributed by atoms with E-state index in [9.17, 15) is 4.79 Å². The lowest BCUT2D eigenvalue weighted by Crippen LogP contribution is -2.25. The molecule has 0 saturated heterocycles. The molecule has 2 nitrogen and oxygen atoms in total. The third-order valence-corrected chi connectivity index (χ3v) is 10.3. The van der Waals surface area contributed by atoms with Crippen LogP contribution in [0, 0.1) is 0 Å². The molecule has 0 saturated carbocycles. The molecule has 0 heterocycles. The van der Waals surface area contributed by atoms with Gasteiger partial charge in [-0.25, -0.2) is 0 Å². The SMILES string of the molecule is CCc1ccc(C(=O)P(=O)(c2cccc3ccccc23)c2cccc3ccccc23)c(CC)c1CC. The Balaban J connectivity index is 1.89. The highest BCUT2D eigenvalue weighted by Crippen LogP contribution is 2.50. The summed E-state index contributed by atoms with van der Waals surface area (Å²) in [7, 11) is -3.76. The highest BCUT2D eigenvalue weighted by Gasteiger charge is 2.40. The van der Waals surface area contributed by atoms with Gasteiger partial charge in [0.15, 0.2) is 0 Å². The van der Waals surface area contributed by atoms with Crippen molar-refractivity contribution in [1.82, 2.24) is 0 Å². The fraction of sp³-hybridized carbons (Fsp3) is 0.182. The smallest absolute Gasteiger partial charge is 0.230 e. The summed E-state index contributed by atoms with van der Waals surface area (Å²) in [6.45, 7) is 6.37. The maximum Gasteiger partial charge on any atom is 0.230 e. The topological polar surface area (TPSA) is 34.1 Å². The van der Waals surface area contributed by atoms with E-state index < -0.39 is 7.14 Å². The maximum absolute atomic E-state index is 15.6. The summed E-state index contributed by atoms with van der Waals surface area (Å²) >= 11 is 0. The average molecular weight is 491 g/mol. The third-order valence-electron chi connectivity index (χ3n) is 7.34. The van der Waals surface area contributed by atoms with Crippen LogP contribution in [-0.2, 0) is 23.8 Å². The van der Waals surface area contributed by atoms with Crippen molar-refractivity contribution >= 4 is 44.8 Å². The number of benzene rings is 5. The molecule has 180 valence electrons. The van der Waals surface area contributed by atoms with Crippen molar-refractivity contribution in [2.24, 2.45) is 0 Å². The van der Waals surface area contributed by atoms with Gasteiger partial charge < -0.3 is 4.57 Å². The van der Waals surface area contributed by atoms with Crippen LogP contribution in [0.4, 0.5) is 0 Å². The van der Waals surface area contributed by atoms with Gasteiger partial charge in [-0.3, -0.25) is 4.79 Å². The maximum atomic E-state index is 15.6. The van der Waals surface area contributed by atoms with Crippen LogP contribution in [0.25, 0.3) is 21.5 Å². The summed E-state index contributed by atoms with van der Waals surface area (Å²) in [6.07, 6.45) is 2.48. The lowest BCUT2D eigenvalue weighted by Gasteiger charge is -2.24. The molecule has 0 radical (unpaired) electrons. The highest BCUT2D eigenvalue weighted by atomic mass is 31.2. The number of aryl methyl sites for hydroxylation is 1. The van der Waals surface area contributed by atoms with Crippen LogP contribution in [0.1, 0.15) is 47.8 Å². The standard InChI is InChI=1S/C33H31O2P/c1-4-23-21-22-30(27(6-3)26(23)5-2)33(34)36(35,31-19-11-15-24-13-7-9-17-28(24)31)32-20-12-16-25-14-8-10-18-29(25)32/h7-22H,4-6H2,1-3H3. The van der Waals surface area contributed by atoms with Gasteiger partial charge in [-0.1, -0.05) is 118 Å². The van der Waals surface area contributed by atoms with E-state index in [1.54, 1.807) is 0 Å². The summed E-state index contributed by atoms with van der Waals surface area (Å²) in [4.78, 5) is 14.7. The van der Waals surface area contributed by atoms with Gasteiger partial charge in [0.25, 0.3) is 0 Å². The van der Waals surface area contributed by atoms with Crippen LogP contribution >= 0.6 is 7.14 Å². The fourth-order valence-electron chi connectivity index (χ4n) is 5.60. The first kappa shape index (κ1) is 24.2. The van der Waals surface area contributed by atoms with Crippen LogP contribution in [0.2, 0.25) is 0 Å². The molecule has 0 aliphatic heterocycles. The lowest BCUT2D eigenvalue weighted by atomic mass is 9.92. The molecule has 5 aromatic carbocycles. The van der Waals surface area contributed by atoms with Crippen LogP contribution in [0.5, 0.6) is 0 Å². The van der Waals surface area contributed by atoms with E-state index in [2.05, 4.69) is 26.8 Å². The first-order valence-electron chi connectivity index (χ1n) is 12.8. The van der Waals surface area contributed by atoms with Gasteiger partial charge in [-0.2, -0.15) is 0 Å². The second-order valence-corrected chi connectivity index (χ2v) is 11.8. The van der Waals surface area contributed by atoms with Crippen molar-refractivity contribution in [3.05, 3.63) is 119 Å². The van der Waals surface area contributed by atoms with Crippen LogP contribution in [0.15, 0.2) is 97.1 Å². The molecule has 36 heavy (non-hydrogen) atoms. The van der Waals surface area contributed by atoms with Crippen LogP contribution < -0.4 is 10.6 Å². The molecular weight excluding hydrogens is 459 g/mol. The Morgan fingerprint density at radius 2 is 1.08 bits per heavy atom. The Labute approximate surface area is 213 Å². The number of carbonyl (C=O) groups is 1. The molecule has 5 rings (SSSR count). The average Bonchev–Trinajstić information content (AvgIpc) is 2.94. The summed E-state index contributed by atoms with van der Waals surface area (Å²) in [5, 5.41) is 4.92. The van der Waals surface area contributed by atoms with Crippen molar-refractivity contribution in [2.45, 2.75) is 40.0 Å². The highest BCUT2D eigenvalue weighted by molar-refractivity contribution is 7.94. The summed E-state index contributed by atoms with van der Waals surface area (Å²) < 4.78 is 15.6. The quantitative estimate of drug-likeness (QED) is 0.218. The monoisotopic (exact) mass is 490 g/mol. The molecule has 0 aliphatic rings. The minimum Gasteiger partial charge on any atom is -0.305 e. The molecule has 0 bridgehead atoms. The molecule has 0 spiro atoms. The van der Waals surface area contributed by atoms with Crippen LogP contribution in [0.3, 0.4) is 0 Å². The van der Waals surface area contributed by atoms with Gasteiger partial charge in [0, 0.05) is 16.2 Å². The third kappa shape index (κ3) is 3.81. The zero-order chi connectivity index (χ0) is 25.3. The predicted octanol–water partition coefficient (Wildman–Crippen LogP) is 7.83. The first-order valence-corrected chi connectivity index (χ1v) is 14.5. The minimum absolute atomic E-state index is 0.274. The Morgan fingerprint density at radius 1 is 0.583 bits per heavy atom. The Bertz CT molecular complexity index is 1550. The molecule has 0 fully saturated rings. The number of hydrogen-bond acceptors (Lipinski definition) is 2. The van der Waals surface area contributed by atoms with Crippen molar-refractivity contribution in [3.63, 3.8) is 0 Å². The molecule has 5 aromatic rings. The van der Waals surface area contributed by atoms with Gasteiger partial charge in [0.1, 0.15) is 0 Å². The normalized spacial score (nSPS) is 11.8. The zero-order valence-corrected chi connectivity index (χ0v) is 22.0. The largest absolute Gasteiger partial charge is 0.305 e. The van der Waals surface area contributed by atoms with E-state index in [0.717, 1.165) is 46.4 Å². The van der Waals surface area contributed by atoms with E-state index in [1.807, 2.05) is 91.0 Å². The van der Waals surface area contributed by atoms with Gasteiger partial charge in [0.2, 0.25) is 12.7 Å². The van der Waals surface area contributed by atoms with Gasteiger partial charge in [-0.15, -0.1) is 0 Å². The molecule has 0 atom stereocenters. The van der Waals surface area contributed by atoms with E-state index in [-0.39, 0.29) is 5.52 Å². The Morgan fingerprint density at radius 3 is 1.58 bits per heavy atom. The van der Waals surface area contributed by atoms with Crippen molar-refractivity contribution in [2.75, 3.05) is 0 Å². The summed E-state index contributed by atoms with van der Waals surface area (Å²) in [5.41, 5.74) is 3.83. The second kappa shape index (κ2) is 9.88. The van der Waals surface area contributed by atoms with E-state index >= 15 is 4.57 Å². The molecular formula is C33H31O2P. The number of hydrogen-bond donors (Lipinski definition) is 0. The predicted molar refractivity (Wildman–Crippen MR) is 154 cm³/mol. The molecule has 0 unspecified atom stereocenters. The van der Waals surface area contributed by atoms with E-state index in [0.29, 0.717) is 16.2 Å². The van der Waals surface area contributed by atoms with E-state index in [4.69, 9.17) is 0 Å². The number of rotatable bonds is 7. The van der Waals surface area contributed by atoms with Gasteiger partial charge in [-0.05, 0) is 57.5 Å². The van der Waals surface area contributed by atoms with Crippen molar-refractivity contribution in [1.29, 1.82) is 0 Å². The Hall–Kier alpha value is -3.48. The molecule has 0 aromatic heterocycles. The minimum atomic E-state index is -3.76. The van der Waals surface area contributed by atoms with Gasteiger partial charge >= 0.3 is 0 Å². The number of fused-ring (bicyclic) bond motifs is 2. The second-order valence-electron chi connectivity index (χ2n) is 9.20. The molecule has 0 aliphatic carbocycles.